The smallest absolute Gasteiger partial charge is 0.211 e. The van der Waals surface area contributed by atoms with Gasteiger partial charge in [0.15, 0.2) is 0 Å². The maximum absolute atomic E-state index is 11.4. The van der Waals surface area contributed by atoms with Gasteiger partial charge in [0.2, 0.25) is 10.0 Å². The molecule has 1 aliphatic rings. The molecule has 0 saturated carbocycles. The summed E-state index contributed by atoms with van der Waals surface area (Å²) in [5.41, 5.74) is 0. The topological polar surface area (TPSA) is 58.6 Å². The lowest BCUT2D eigenvalue weighted by Crippen LogP contribution is -2.41. The maximum atomic E-state index is 11.4. The number of hydrogen-bond acceptors (Lipinski definition) is 4. The van der Waals surface area contributed by atoms with Crippen LogP contribution in [0, 0.1) is 0 Å². The van der Waals surface area contributed by atoms with Gasteiger partial charge in [-0.25, -0.2) is 13.1 Å². The quantitative estimate of drug-likeness (QED) is 0.723. The highest BCUT2D eigenvalue weighted by atomic mass is 32.2. The molecule has 1 rings (SSSR count). The third-order valence-electron chi connectivity index (χ3n) is 2.60. The number of sulfonamides is 1. The summed E-state index contributed by atoms with van der Waals surface area (Å²) < 4.78 is 30.9. The second-order valence-corrected chi connectivity index (χ2v) is 6.18. The van der Waals surface area contributed by atoms with Crippen molar-refractivity contribution in [3.8, 4) is 0 Å². The van der Waals surface area contributed by atoms with E-state index in [0.717, 1.165) is 26.1 Å². The van der Waals surface area contributed by atoms with Crippen LogP contribution in [0.2, 0.25) is 0 Å². The zero-order valence-corrected chi connectivity index (χ0v) is 10.9. The van der Waals surface area contributed by atoms with Gasteiger partial charge in [0.05, 0.1) is 18.5 Å². The molecular formula is C10H22N2O3S. The standard InChI is InChI=1S/C10H22N2O3S/c1-3-8-16(13,14)11-5-4-10-9-12(2)6-7-15-10/h10-11H,3-9H2,1-2H3. The molecule has 0 amide bonds. The van der Waals surface area contributed by atoms with Crippen molar-refractivity contribution in [2.24, 2.45) is 0 Å². The summed E-state index contributed by atoms with van der Waals surface area (Å²) in [5, 5.41) is 0. The van der Waals surface area contributed by atoms with Gasteiger partial charge in [0, 0.05) is 19.6 Å². The van der Waals surface area contributed by atoms with Crippen LogP contribution >= 0.6 is 0 Å². The van der Waals surface area contributed by atoms with Crippen molar-refractivity contribution in [1.82, 2.24) is 9.62 Å². The molecular weight excluding hydrogens is 228 g/mol. The molecule has 16 heavy (non-hydrogen) atoms. The minimum absolute atomic E-state index is 0.156. The Bertz CT molecular complexity index is 292. The van der Waals surface area contributed by atoms with E-state index in [1.54, 1.807) is 0 Å². The van der Waals surface area contributed by atoms with Crippen LogP contribution in [0.4, 0.5) is 0 Å². The van der Waals surface area contributed by atoms with Crippen LogP contribution in [0.1, 0.15) is 19.8 Å². The summed E-state index contributed by atoms with van der Waals surface area (Å²) in [6, 6.07) is 0. The first kappa shape index (κ1) is 13.9. The van der Waals surface area contributed by atoms with Crippen LogP contribution in [-0.4, -0.2) is 58.5 Å². The van der Waals surface area contributed by atoms with Crippen molar-refractivity contribution < 1.29 is 13.2 Å². The van der Waals surface area contributed by atoms with Crippen molar-refractivity contribution in [1.29, 1.82) is 0 Å². The fraction of sp³-hybridized carbons (Fsp3) is 1.00. The normalized spacial score (nSPS) is 23.5. The van der Waals surface area contributed by atoms with Gasteiger partial charge in [0.1, 0.15) is 0 Å². The van der Waals surface area contributed by atoms with E-state index in [9.17, 15) is 8.42 Å². The summed E-state index contributed by atoms with van der Waals surface area (Å²) in [4.78, 5) is 2.20. The van der Waals surface area contributed by atoms with Crippen LogP contribution in [0.25, 0.3) is 0 Å². The minimum atomic E-state index is -3.07. The fourth-order valence-corrected chi connectivity index (χ4v) is 2.87. The Hall–Kier alpha value is -0.170. The number of nitrogens with one attached hydrogen (secondary N) is 1. The van der Waals surface area contributed by atoms with Crippen molar-refractivity contribution in [3.63, 3.8) is 0 Å². The molecule has 0 aromatic rings. The summed E-state index contributed by atoms with van der Waals surface area (Å²) in [7, 11) is -1.01. The van der Waals surface area contributed by atoms with E-state index in [2.05, 4.69) is 16.7 Å². The zero-order chi connectivity index (χ0) is 12.0. The minimum Gasteiger partial charge on any atom is -0.376 e. The van der Waals surface area contributed by atoms with Gasteiger partial charge in [0.25, 0.3) is 0 Å². The van der Waals surface area contributed by atoms with Gasteiger partial charge in [-0.05, 0) is 19.9 Å². The maximum Gasteiger partial charge on any atom is 0.211 e. The molecule has 0 aromatic heterocycles. The summed E-state index contributed by atoms with van der Waals surface area (Å²) >= 11 is 0. The van der Waals surface area contributed by atoms with Crippen LogP contribution in [-0.2, 0) is 14.8 Å². The van der Waals surface area contributed by atoms with Crippen LogP contribution in [0.5, 0.6) is 0 Å². The molecule has 5 nitrogen and oxygen atoms in total. The highest BCUT2D eigenvalue weighted by molar-refractivity contribution is 7.89. The van der Waals surface area contributed by atoms with E-state index in [0.29, 0.717) is 13.0 Å². The average Bonchev–Trinajstić information content (AvgIpc) is 2.17. The Morgan fingerprint density at radius 1 is 1.50 bits per heavy atom. The number of ether oxygens (including phenoxy) is 1. The molecule has 0 bridgehead atoms. The van der Waals surface area contributed by atoms with Gasteiger partial charge in [-0.1, -0.05) is 6.92 Å². The lowest BCUT2D eigenvalue weighted by atomic mass is 10.2. The van der Waals surface area contributed by atoms with Crippen molar-refractivity contribution in [2.45, 2.75) is 25.9 Å². The highest BCUT2D eigenvalue weighted by Gasteiger charge is 2.18. The second-order valence-electron chi connectivity index (χ2n) is 4.26. The first-order valence-corrected chi connectivity index (χ1v) is 7.46. The molecule has 1 N–H and O–H groups in total. The fourth-order valence-electron chi connectivity index (χ4n) is 1.76. The molecule has 1 atom stereocenters. The van der Waals surface area contributed by atoms with E-state index >= 15 is 0 Å². The van der Waals surface area contributed by atoms with E-state index in [-0.39, 0.29) is 11.9 Å². The highest BCUT2D eigenvalue weighted by Crippen LogP contribution is 2.06. The Morgan fingerprint density at radius 2 is 2.25 bits per heavy atom. The predicted octanol–water partition coefficient (Wildman–Crippen LogP) is 0.0365. The third-order valence-corrected chi connectivity index (χ3v) is 4.19. The van der Waals surface area contributed by atoms with E-state index in [4.69, 9.17) is 4.74 Å². The van der Waals surface area contributed by atoms with Crippen molar-refractivity contribution in [2.75, 3.05) is 39.0 Å². The monoisotopic (exact) mass is 250 g/mol. The molecule has 1 fully saturated rings. The van der Waals surface area contributed by atoms with Crippen LogP contribution < -0.4 is 4.72 Å². The molecule has 0 radical (unpaired) electrons. The van der Waals surface area contributed by atoms with Crippen molar-refractivity contribution >= 4 is 10.0 Å². The Kier molecular flexibility index (Phi) is 5.68. The SMILES string of the molecule is CCCS(=O)(=O)NCCC1CN(C)CCO1. The van der Waals surface area contributed by atoms with Crippen LogP contribution in [0.15, 0.2) is 0 Å². The van der Waals surface area contributed by atoms with Crippen molar-refractivity contribution in [3.05, 3.63) is 0 Å². The lowest BCUT2D eigenvalue weighted by molar-refractivity contribution is -0.0222. The van der Waals surface area contributed by atoms with Gasteiger partial charge in [-0.2, -0.15) is 0 Å². The Balaban J connectivity index is 2.19. The van der Waals surface area contributed by atoms with E-state index in [1.807, 2.05) is 6.92 Å². The summed E-state index contributed by atoms with van der Waals surface area (Å²) in [6.45, 7) is 4.91. The molecule has 6 heteroatoms. The number of likely N-dealkylation sites (N-methyl/N-ethyl adjacent to an activating group) is 1. The van der Waals surface area contributed by atoms with Gasteiger partial charge < -0.3 is 9.64 Å². The lowest BCUT2D eigenvalue weighted by Gasteiger charge is -2.30. The summed E-state index contributed by atoms with van der Waals surface area (Å²) in [6.07, 6.45) is 1.55. The molecule has 1 saturated heterocycles. The zero-order valence-electron chi connectivity index (χ0n) is 10.1. The predicted molar refractivity (Wildman–Crippen MR) is 63.9 cm³/mol. The molecule has 0 aromatic carbocycles. The molecule has 1 unspecified atom stereocenters. The second kappa shape index (κ2) is 6.54. The average molecular weight is 250 g/mol. The van der Waals surface area contributed by atoms with E-state index in [1.165, 1.54) is 0 Å². The Labute approximate surface area is 98.2 Å². The molecule has 1 heterocycles. The van der Waals surface area contributed by atoms with Gasteiger partial charge in [-0.3, -0.25) is 0 Å². The number of nitrogens with zero attached hydrogens (tertiary/aromatic N) is 1. The summed E-state index contributed by atoms with van der Waals surface area (Å²) in [5.74, 6) is 0.207. The van der Waals surface area contributed by atoms with Crippen LogP contribution in [0.3, 0.4) is 0 Å². The van der Waals surface area contributed by atoms with Gasteiger partial charge >= 0.3 is 0 Å². The number of hydrogen-bond donors (Lipinski definition) is 1. The molecule has 0 aliphatic carbocycles. The third kappa shape index (κ3) is 5.25. The van der Waals surface area contributed by atoms with E-state index < -0.39 is 10.0 Å². The number of rotatable bonds is 6. The molecule has 0 spiro atoms. The first-order valence-electron chi connectivity index (χ1n) is 5.81. The molecule has 96 valence electrons. The first-order chi connectivity index (χ1) is 7.53. The Morgan fingerprint density at radius 3 is 2.88 bits per heavy atom. The largest absolute Gasteiger partial charge is 0.376 e. The molecule has 1 aliphatic heterocycles. The van der Waals surface area contributed by atoms with Gasteiger partial charge in [-0.15, -0.1) is 0 Å². The number of morpholine rings is 1.